The molecule has 0 bridgehead atoms. The Kier molecular flexibility index (Phi) is 4.49. The molecule has 0 radical (unpaired) electrons. The predicted molar refractivity (Wildman–Crippen MR) is 75.2 cm³/mol. The highest BCUT2D eigenvalue weighted by Crippen LogP contribution is 2.27. The second kappa shape index (κ2) is 6.13. The third-order valence-corrected chi connectivity index (χ3v) is 3.25. The van der Waals surface area contributed by atoms with Crippen LogP contribution < -0.4 is 5.73 Å². The lowest BCUT2D eigenvalue weighted by Gasteiger charge is -2.14. The van der Waals surface area contributed by atoms with Crippen LogP contribution in [0, 0.1) is 17.6 Å². The van der Waals surface area contributed by atoms with E-state index in [-0.39, 0.29) is 11.5 Å². The molecule has 3 N–H and O–H groups in total. The average Bonchev–Trinajstić information content (AvgIpc) is 2.85. The molecule has 3 nitrogen and oxygen atoms in total. The standard InChI is InChI=1S/C15H19F2N3/c1-9(2)6-10(7-18)15-19-8-13(20-15)14-11(16)4-3-5-12(14)17/h3-5,8-10H,6-7,18H2,1-2H3,(H,19,20). The Hall–Kier alpha value is -1.75. The minimum absolute atomic E-state index is 0.0681. The normalized spacial score (nSPS) is 12.9. The Bertz CT molecular complexity index is 558. The van der Waals surface area contributed by atoms with E-state index in [1.54, 1.807) is 0 Å². The Morgan fingerprint density at radius 2 is 1.90 bits per heavy atom. The van der Waals surface area contributed by atoms with Crippen molar-refractivity contribution in [3.05, 3.63) is 41.9 Å². The van der Waals surface area contributed by atoms with Gasteiger partial charge in [-0.2, -0.15) is 0 Å². The first-order valence-corrected chi connectivity index (χ1v) is 6.72. The number of rotatable bonds is 5. The summed E-state index contributed by atoms with van der Waals surface area (Å²) in [5, 5.41) is 0. The van der Waals surface area contributed by atoms with E-state index < -0.39 is 11.6 Å². The third kappa shape index (κ3) is 3.04. The number of hydrogen-bond donors (Lipinski definition) is 2. The molecular weight excluding hydrogens is 260 g/mol. The van der Waals surface area contributed by atoms with Gasteiger partial charge in [0, 0.05) is 12.5 Å². The zero-order valence-corrected chi connectivity index (χ0v) is 11.7. The van der Waals surface area contributed by atoms with Crippen molar-refractivity contribution < 1.29 is 8.78 Å². The first-order valence-electron chi connectivity index (χ1n) is 6.72. The lowest BCUT2D eigenvalue weighted by Crippen LogP contribution is -2.16. The van der Waals surface area contributed by atoms with Crippen molar-refractivity contribution in [2.24, 2.45) is 11.7 Å². The molecule has 0 spiro atoms. The van der Waals surface area contributed by atoms with E-state index in [0.29, 0.717) is 24.0 Å². The van der Waals surface area contributed by atoms with Gasteiger partial charge in [0.2, 0.25) is 0 Å². The molecule has 108 valence electrons. The molecule has 2 rings (SSSR count). The number of aromatic amines is 1. The summed E-state index contributed by atoms with van der Waals surface area (Å²) in [7, 11) is 0. The van der Waals surface area contributed by atoms with Crippen LogP contribution >= 0.6 is 0 Å². The van der Waals surface area contributed by atoms with Crippen molar-refractivity contribution in [3.8, 4) is 11.3 Å². The molecule has 0 saturated heterocycles. The number of halogens is 2. The second-order valence-corrected chi connectivity index (χ2v) is 5.34. The average molecular weight is 279 g/mol. The zero-order valence-electron chi connectivity index (χ0n) is 11.7. The Balaban J connectivity index is 2.33. The lowest BCUT2D eigenvalue weighted by atomic mass is 9.97. The molecular formula is C15H19F2N3. The van der Waals surface area contributed by atoms with E-state index >= 15 is 0 Å². The van der Waals surface area contributed by atoms with Crippen LogP contribution in [0.4, 0.5) is 8.78 Å². The van der Waals surface area contributed by atoms with Gasteiger partial charge in [-0.3, -0.25) is 0 Å². The summed E-state index contributed by atoms with van der Waals surface area (Å²) < 4.78 is 27.5. The minimum Gasteiger partial charge on any atom is -0.342 e. The maximum atomic E-state index is 13.7. The van der Waals surface area contributed by atoms with E-state index in [4.69, 9.17) is 5.73 Å². The monoisotopic (exact) mass is 279 g/mol. The van der Waals surface area contributed by atoms with Gasteiger partial charge in [0.25, 0.3) is 0 Å². The fraction of sp³-hybridized carbons (Fsp3) is 0.400. The second-order valence-electron chi connectivity index (χ2n) is 5.34. The van der Waals surface area contributed by atoms with E-state index in [1.165, 1.54) is 24.4 Å². The maximum Gasteiger partial charge on any atom is 0.135 e. The van der Waals surface area contributed by atoms with Crippen molar-refractivity contribution in [1.29, 1.82) is 0 Å². The number of hydrogen-bond acceptors (Lipinski definition) is 2. The summed E-state index contributed by atoms with van der Waals surface area (Å²) in [6.07, 6.45) is 2.34. The van der Waals surface area contributed by atoms with Crippen molar-refractivity contribution in [3.63, 3.8) is 0 Å². The van der Waals surface area contributed by atoms with Crippen LogP contribution in [0.5, 0.6) is 0 Å². The minimum atomic E-state index is -0.603. The van der Waals surface area contributed by atoms with Crippen LogP contribution in [0.15, 0.2) is 24.4 Å². The summed E-state index contributed by atoms with van der Waals surface area (Å²) in [6.45, 7) is 4.65. The van der Waals surface area contributed by atoms with Gasteiger partial charge in [-0.05, 0) is 24.5 Å². The quantitative estimate of drug-likeness (QED) is 0.880. The van der Waals surface area contributed by atoms with Crippen LogP contribution in [0.25, 0.3) is 11.3 Å². The molecule has 0 aliphatic heterocycles. The molecule has 1 aromatic carbocycles. The van der Waals surface area contributed by atoms with Crippen LogP contribution in [0.1, 0.15) is 32.0 Å². The number of H-pyrrole nitrogens is 1. The molecule has 0 fully saturated rings. The summed E-state index contributed by atoms with van der Waals surface area (Å²) in [5.74, 6) is 0.0152. The molecule has 0 aliphatic carbocycles. The van der Waals surface area contributed by atoms with Gasteiger partial charge < -0.3 is 10.7 Å². The Morgan fingerprint density at radius 3 is 2.45 bits per heavy atom. The van der Waals surface area contributed by atoms with Gasteiger partial charge in [0.05, 0.1) is 17.5 Å². The lowest BCUT2D eigenvalue weighted by molar-refractivity contribution is 0.490. The number of aromatic nitrogens is 2. The van der Waals surface area contributed by atoms with Crippen LogP contribution in [-0.4, -0.2) is 16.5 Å². The first-order chi connectivity index (χ1) is 9.52. The van der Waals surface area contributed by atoms with Gasteiger partial charge in [-0.25, -0.2) is 13.8 Å². The number of nitrogens with zero attached hydrogens (tertiary/aromatic N) is 1. The largest absolute Gasteiger partial charge is 0.342 e. The number of imidazole rings is 1. The SMILES string of the molecule is CC(C)CC(CN)c1ncc(-c2c(F)cccc2F)[nH]1. The molecule has 1 unspecified atom stereocenters. The fourth-order valence-electron chi connectivity index (χ4n) is 2.31. The first kappa shape index (κ1) is 14.7. The van der Waals surface area contributed by atoms with E-state index in [1.807, 2.05) is 0 Å². The predicted octanol–water partition coefficient (Wildman–Crippen LogP) is 3.44. The summed E-state index contributed by atoms with van der Waals surface area (Å²) in [5.41, 5.74) is 6.02. The number of nitrogens with two attached hydrogens (primary N) is 1. The van der Waals surface area contributed by atoms with Crippen molar-refractivity contribution >= 4 is 0 Å². The Morgan fingerprint density at radius 1 is 1.25 bits per heavy atom. The van der Waals surface area contributed by atoms with E-state index in [0.717, 1.165) is 6.42 Å². The molecule has 0 amide bonds. The van der Waals surface area contributed by atoms with Crippen LogP contribution in [0.3, 0.4) is 0 Å². The van der Waals surface area contributed by atoms with Crippen molar-refractivity contribution in [1.82, 2.24) is 9.97 Å². The van der Waals surface area contributed by atoms with Crippen molar-refractivity contribution in [2.75, 3.05) is 6.54 Å². The molecule has 0 saturated carbocycles. The van der Waals surface area contributed by atoms with E-state index in [2.05, 4.69) is 23.8 Å². The Labute approximate surface area is 117 Å². The molecule has 5 heteroatoms. The third-order valence-electron chi connectivity index (χ3n) is 3.25. The van der Waals surface area contributed by atoms with E-state index in [9.17, 15) is 8.78 Å². The number of nitrogens with one attached hydrogen (secondary N) is 1. The summed E-state index contributed by atoms with van der Waals surface area (Å²) >= 11 is 0. The van der Waals surface area contributed by atoms with Gasteiger partial charge in [-0.1, -0.05) is 19.9 Å². The van der Waals surface area contributed by atoms with Gasteiger partial charge in [0.1, 0.15) is 17.5 Å². The zero-order chi connectivity index (χ0) is 14.7. The van der Waals surface area contributed by atoms with Gasteiger partial charge in [-0.15, -0.1) is 0 Å². The molecule has 0 aliphatic rings. The summed E-state index contributed by atoms with van der Waals surface area (Å²) in [6, 6.07) is 3.80. The van der Waals surface area contributed by atoms with Crippen molar-refractivity contribution in [2.45, 2.75) is 26.2 Å². The van der Waals surface area contributed by atoms with Crippen LogP contribution in [-0.2, 0) is 0 Å². The summed E-state index contributed by atoms with van der Waals surface area (Å²) in [4.78, 5) is 7.23. The fourth-order valence-corrected chi connectivity index (χ4v) is 2.31. The smallest absolute Gasteiger partial charge is 0.135 e. The number of benzene rings is 1. The highest BCUT2D eigenvalue weighted by molar-refractivity contribution is 5.60. The van der Waals surface area contributed by atoms with Gasteiger partial charge in [0.15, 0.2) is 0 Å². The highest BCUT2D eigenvalue weighted by atomic mass is 19.1. The molecule has 1 heterocycles. The molecule has 1 atom stereocenters. The van der Waals surface area contributed by atoms with Gasteiger partial charge >= 0.3 is 0 Å². The topological polar surface area (TPSA) is 54.7 Å². The molecule has 2 aromatic rings. The van der Waals surface area contributed by atoms with Crippen LogP contribution in [0.2, 0.25) is 0 Å². The maximum absolute atomic E-state index is 13.7. The molecule has 1 aromatic heterocycles. The highest BCUT2D eigenvalue weighted by Gasteiger charge is 2.18. The molecule has 20 heavy (non-hydrogen) atoms.